The van der Waals surface area contributed by atoms with Crippen LogP contribution in [0.1, 0.15) is 25.3 Å². The molecule has 1 aliphatic rings. The number of aromatic nitrogens is 4. The topological polar surface area (TPSA) is 139 Å². The summed E-state index contributed by atoms with van der Waals surface area (Å²) in [5.41, 5.74) is 0.719. The van der Waals surface area contributed by atoms with Gasteiger partial charge in [-0.05, 0) is 19.9 Å². The number of imidazole rings is 1. The quantitative estimate of drug-likeness (QED) is 0.499. The number of fused-ring (bicyclic) bond motifs is 1. The molecule has 1 unspecified atom stereocenters. The van der Waals surface area contributed by atoms with Crippen molar-refractivity contribution in [1.29, 1.82) is 0 Å². The summed E-state index contributed by atoms with van der Waals surface area (Å²) in [5, 5.41) is 25.3. The smallest absolute Gasteiger partial charge is 0.291 e. The molecule has 0 spiro atoms. The van der Waals surface area contributed by atoms with Crippen LogP contribution >= 0.6 is 11.3 Å². The molecule has 0 saturated carbocycles. The van der Waals surface area contributed by atoms with Crippen LogP contribution in [0, 0.1) is 0 Å². The summed E-state index contributed by atoms with van der Waals surface area (Å²) in [4.78, 5) is 6.07. The Hall–Kier alpha value is -2.26. The summed E-state index contributed by atoms with van der Waals surface area (Å²) in [6, 6.07) is 1.22. The molecule has 1 atom stereocenters. The second-order valence-electron chi connectivity index (χ2n) is 7.98. The number of aliphatic hydroxyl groups excluding tert-OH is 1. The maximum absolute atomic E-state index is 13.0. The van der Waals surface area contributed by atoms with Crippen LogP contribution in [0.4, 0.5) is 14.5 Å². The Balaban J connectivity index is 1.90. The molecular weight excluding hydrogens is 452 g/mol. The van der Waals surface area contributed by atoms with Crippen molar-refractivity contribution in [1.82, 2.24) is 24.9 Å². The fourth-order valence-corrected chi connectivity index (χ4v) is 4.99. The van der Waals surface area contributed by atoms with Crippen LogP contribution in [-0.2, 0) is 10.0 Å². The molecule has 14 heteroatoms. The van der Waals surface area contributed by atoms with Crippen molar-refractivity contribution < 1.29 is 22.3 Å². The predicted molar refractivity (Wildman–Crippen MR) is 111 cm³/mol. The van der Waals surface area contributed by atoms with E-state index in [-0.39, 0.29) is 33.9 Å². The molecule has 3 aromatic heterocycles. The number of anilines is 1. The van der Waals surface area contributed by atoms with E-state index in [4.69, 9.17) is 5.14 Å². The lowest BCUT2D eigenvalue weighted by atomic mass is 9.98. The Morgan fingerprint density at radius 2 is 2.16 bits per heavy atom. The average molecular weight is 474 g/mol. The number of aliphatic hydroxyl groups is 1. The van der Waals surface area contributed by atoms with Crippen LogP contribution in [0.15, 0.2) is 23.4 Å². The van der Waals surface area contributed by atoms with E-state index in [1.165, 1.54) is 22.9 Å². The summed E-state index contributed by atoms with van der Waals surface area (Å²) < 4.78 is 51.7. The van der Waals surface area contributed by atoms with E-state index < -0.39 is 21.5 Å². The highest BCUT2D eigenvalue weighted by atomic mass is 32.2. The van der Waals surface area contributed by atoms with Crippen molar-refractivity contribution in [2.75, 3.05) is 24.6 Å². The zero-order chi connectivity index (χ0) is 22.6. The van der Waals surface area contributed by atoms with Crippen molar-refractivity contribution >= 4 is 32.6 Å². The van der Waals surface area contributed by atoms with Crippen LogP contribution in [-0.4, -0.2) is 64.4 Å². The summed E-state index contributed by atoms with van der Waals surface area (Å²) in [6.45, 7) is 4.77. The lowest BCUT2D eigenvalue weighted by molar-refractivity contribution is 0.150. The van der Waals surface area contributed by atoms with E-state index in [0.717, 1.165) is 0 Å². The molecule has 1 aliphatic heterocycles. The number of nitrogens with two attached hydrogens (primary N) is 1. The van der Waals surface area contributed by atoms with E-state index in [1.54, 1.807) is 0 Å². The van der Waals surface area contributed by atoms with Gasteiger partial charge in [0.1, 0.15) is 4.90 Å². The number of rotatable bonds is 5. The predicted octanol–water partition coefficient (Wildman–Crippen LogP) is 0.987. The Bertz CT molecular complexity index is 1230. The number of sulfonamides is 1. The highest BCUT2D eigenvalue weighted by molar-refractivity contribution is 7.89. The highest BCUT2D eigenvalue weighted by Gasteiger charge is 2.33. The summed E-state index contributed by atoms with van der Waals surface area (Å²) >= 11 is 0.679. The number of hydrogen-bond donors (Lipinski definition) is 3. The molecule has 0 bridgehead atoms. The van der Waals surface area contributed by atoms with Crippen molar-refractivity contribution in [3.05, 3.63) is 23.5 Å². The fraction of sp³-hybridized carbons (Fsp3) is 0.471. The first-order chi connectivity index (χ1) is 14.5. The van der Waals surface area contributed by atoms with Crippen LogP contribution in [0.25, 0.3) is 16.3 Å². The van der Waals surface area contributed by atoms with Gasteiger partial charge in [-0.1, -0.05) is 11.3 Å². The number of pyridine rings is 1. The fourth-order valence-electron chi connectivity index (χ4n) is 3.77. The number of primary sulfonamides is 1. The van der Waals surface area contributed by atoms with Gasteiger partial charge in [-0.3, -0.25) is 4.40 Å². The minimum absolute atomic E-state index is 0.100. The first kappa shape index (κ1) is 22.0. The molecule has 4 rings (SSSR count). The van der Waals surface area contributed by atoms with Gasteiger partial charge in [0.15, 0.2) is 15.8 Å². The first-order valence-electron chi connectivity index (χ1n) is 9.28. The van der Waals surface area contributed by atoms with Crippen LogP contribution in [0.2, 0.25) is 0 Å². The second kappa shape index (κ2) is 7.70. The number of alkyl halides is 2. The third-order valence-corrected chi connectivity index (χ3v) is 6.73. The van der Waals surface area contributed by atoms with Gasteiger partial charge in [0, 0.05) is 30.9 Å². The Labute approximate surface area is 180 Å². The number of piperazine rings is 1. The van der Waals surface area contributed by atoms with Crippen LogP contribution in [0.5, 0.6) is 0 Å². The minimum atomic E-state index is -4.08. The van der Waals surface area contributed by atoms with Gasteiger partial charge in [-0.2, -0.15) is 0 Å². The molecule has 0 amide bonds. The largest absolute Gasteiger partial charge is 0.395 e. The molecule has 0 aromatic carbocycles. The molecule has 168 valence electrons. The van der Waals surface area contributed by atoms with E-state index in [0.29, 0.717) is 35.6 Å². The lowest BCUT2D eigenvalue weighted by Gasteiger charge is -2.44. The standard InChI is InChI=1S/C17H21F2N7O3S2/c1-17(2)8-25(5-9(7-27)22-17)11-3-10(31(20,28)29)6-26-12(11)4-21-14(26)16-24-23-15(30-16)13(18)19/h3-4,6,9,13,22,27H,5,7-8H2,1-2H3,(H2,20,28,29). The van der Waals surface area contributed by atoms with Gasteiger partial charge >= 0.3 is 0 Å². The number of nitrogens with zero attached hydrogens (tertiary/aromatic N) is 5. The number of nitrogens with one attached hydrogen (secondary N) is 1. The van der Waals surface area contributed by atoms with E-state index in [9.17, 15) is 22.3 Å². The third kappa shape index (κ3) is 4.25. The molecule has 0 aliphatic carbocycles. The molecule has 10 nitrogen and oxygen atoms in total. The summed E-state index contributed by atoms with van der Waals surface area (Å²) in [7, 11) is -4.08. The lowest BCUT2D eigenvalue weighted by Crippen LogP contribution is -2.63. The van der Waals surface area contributed by atoms with Crippen molar-refractivity contribution in [3.8, 4) is 10.8 Å². The first-order valence-corrected chi connectivity index (χ1v) is 11.6. The Morgan fingerprint density at radius 1 is 1.42 bits per heavy atom. The Kier molecular flexibility index (Phi) is 5.46. The van der Waals surface area contributed by atoms with Crippen LogP contribution in [0.3, 0.4) is 0 Å². The van der Waals surface area contributed by atoms with Crippen molar-refractivity contribution in [2.24, 2.45) is 5.14 Å². The molecular formula is C17H21F2N7O3S2. The number of halogens is 2. The van der Waals surface area contributed by atoms with Gasteiger partial charge in [0.2, 0.25) is 10.0 Å². The van der Waals surface area contributed by atoms with Crippen LogP contribution < -0.4 is 15.4 Å². The highest BCUT2D eigenvalue weighted by Crippen LogP contribution is 2.34. The zero-order valence-electron chi connectivity index (χ0n) is 16.7. The average Bonchev–Trinajstić information content (AvgIpc) is 3.31. The Morgan fingerprint density at radius 3 is 2.77 bits per heavy atom. The molecule has 1 saturated heterocycles. The van der Waals surface area contributed by atoms with Gasteiger partial charge in [0.25, 0.3) is 6.43 Å². The van der Waals surface area contributed by atoms with Gasteiger partial charge < -0.3 is 15.3 Å². The summed E-state index contributed by atoms with van der Waals surface area (Å²) in [5.74, 6) is 0.180. The van der Waals surface area contributed by atoms with E-state index >= 15 is 0 Å². The number of hydrogen-bond acceptors (Lipinski definition) is 9. The molecule has 4 N–H and O–H groups in total. The van der Waals surface area contributed by atoms with Crippen molar-refractivity contribution in [3.63, 3.8) is 0 Å². The maximum atomic E-state index is 13.0. The van der Waals surface area contributed by atoms with Gasteiger partial charge in [-0.25, -0.2) is 27.3 Å². The van der Waals surface area contributed by atoms with Gasteiger partial charge in [0.05, 0.1) is 24.0 Å². The molecule has 4 heterocycles. The normalized spacial score (nSPS) is 19.5. The van der Waals surface area contributed by atoms with Crippen molar-refractivity contribution in [2.45, 2.75) is 36.7 Å². The molecule has 3 aromatic rings. The zero-order valence-corrected chi connectivity index (χ0v) is 18.3. The third-order valence-electron chi connectivity index (χ3n) is 4.92. The second-order valence-corrected chi connectivity index (χ2v) is 10.5. The van der Waals surface area contributed by atoms with Gasteiger partial charge in [-0.15, -0.1) is 10.2 Å². The minimum Gasteiger partial charge on any atom is -0.395 e. The monoisotopic (exact) mass is 473 g/mol. The molecule has 0 radical (unpaired) electrons. The van der Waals surface area contributed by atoms with E-state index in [1.807, 2.05) is 18.7 Å². The maximum Gasteiger partial charge on any atom is 0.291 e. The SMILES string of the molecule is CC1(C)CN(c2cc(S(N)(=O)=O)cn3c(-c4nnc(C(F)F)s4)ncc23)CC(CO)N1. The summed E-state index contributed by atoms with van der Waals surface area (Å²) in [6.07, 6.45) is 0.0346. The van der Waals surface area contributed by atoms with E-state index in [2.05, 4.69) is 20.5 Å². The molecule has 1 fully saturated rings. The molecule has 31 heavy (non-hydrogen) atoms.